The highest BCUT2D eigenvalue weighted by Crippen LogP contribution is 2.34. The zero-order valence-electron chi connectivity index (χ0n) is 8.65. The molecule has 0 amide bonds. The minimum absolute atomic E-state index is 0.270. The lowest BCUT2D eigenvalue weighted by Crippen LogP contribution is -1.77. The number of halogens is 2. The zero-order chi connectivity index (χ0) is 11.8. The average Bonchev–Trinajstić information content (AvgIpc) is 2.72. The van der Waals surface area contributed by atoms with Crippen LogP contribution in [-0.4, -0.2) is 4.98 Å². The lowest BCUT2D eigenvalue weighted by Gasteiger charge is -1.97. The summed E-state index contributed by atoms with van der Waals surface area (Å²) in [6.07, 6.45) is 0. The highest BCUT2D eigenvalue weighted by Gasteiger charge is 2.09. The van der Waals surface area contributed by atoms with Crippen LogP contribution in [-0.2, 0) is 0 Å². The lowest BCUT2D eigenvalue weighted by atomic mass is 10.2. The van der Waals surface area contributed by atoms with Crippen LogP contribution in [0.2, 0.25) is 5.02 Å². The van der Waals surface area contributed by atoms with Crippen molar-refractivity contribution in [1.29, 1.82) is 0 Å². The van der Waals surface area contributed by atoms with Crippen LogP contribution in [0.1, 0.15) is 0 Å². The van der Waals surface area contributed by atoms with Crippen molar-refractivity contribution in [2.45, 2.75) is 0 Å². The van der Waals surface area contributed by atoms with Crippen LogP contribution >= 0.6 is 22.9 Å². The molecule has 1 heterocycles. The van der Waals surface area contributed by atoms with E-state index in [1.54, 1.807) is 6.07 Å². The van der Waals surface area contributed by atoms with E-state index in [2.05, 4.69) is 4.98 Å². The van der Waals surface area contributed by atoms with Crippen LogP contribution in [0.25, 0.3) is 20.8 Å². The molecular formula is C13H7ClFNS. The molecule has 0 N–H and O–H groups in total. The second-order valence-electron chi connectivity index (χ2n) is 3.61. The van der Waals surface area contributed by atoms with Gasteiger partial charge >= 0.3 is 0 Å². The Balaban J connectivity index is 2.22. The van der Waals surface area contributed by atoms with E-state index in [-0.39, 0.29) is 5.82 Å². The van der Waals surface area contributed by atoms with Gasteiger partial charge in [0, 0.05) is 11.6 Å². The third-order valence-electron chi connectivity index (χ3n) is 2.45. The van der Waals surface area contributed by atoms with Gasteiger partial charge in [0.25, 0.3) is 0 Å². The third kappa shape index (κ3) is 1.92. The van der Waals surface area contributed by atoms with E-state index in [0.717, 1.165) is 15.3 Å². The summed E-state index contributed by atoms with van der Waals surface area (Å²) < 4.78 is 14.0. The molecule has 0 aliphatic rings. The zero-order valence-corrected chi connectivity index (χ0v) is 10.2. The fourth-order valence-electron chi connectivity index (χ4n) is 1.65. The highest BCUT2D eigenvalue weighted by atomic mass is 35.5. The van der Waals surface area contributed by atoms with Crippen LogP contribution < -0.4 is 0 Å². The van der Waals surface area contributed by atoms with Crippen molar-refractivity contribution in [3.63, 3.8) is 0 Å². The van der Waals surface area contributed by atoms with Crippen molar-refractivity contribution < 1.29 is 4.39 Å². The van der Waals surface area contributed by atoms with Gasteiger partial charge in [0.1, 0.15) is 10.8 Å². The van der Waals surface area contributed by atoms with Crippen molar-refractivity contribution in [3.8, 4) is 10.6 Å². The molecule has 0 bridgehead atoms. The Morgan fingerprint density at radius 2 is 1.94 bits per heavy atom. The Hall–Kier alpha value is -1.45. The van der Waals surface area contributed by atoms with Gasteiger partial charge in [0.2, 0.25) is 0 Å². The topological polar surface area (TPSA) is 12.9 Å². The molecule has 2 aromatic carbocycles. The molecular weight excluding hydrogens is 257 g/mol. The van der Waals surface area contributed by atoms with Gasteiger partial charge in [-0.3, -0.25) is 0 Å². The number of fused-ring (bicyclic) bond motifs is 1. The maximum absolute atomic E-state index is 13.1. The van der Waals surface area contributed by atoms with E-state index in [9.17, 15) is 4.39 Å². The number of rotatable bonds is 1. The molecule has 0 atom stereocenters. The van der Waals surface area contributed by atoms with Gasteiger partial charge in [-0.1, -0.05) is 29.8 Å². The first kappa shape index (κ1) is 10.7. The summed E-state index contributed by atoms with van der Waals surface area (Å²) in [6, 6.07) is 12.1. The number of nitrogens with zero attached hydrogens (tertiary/aromatic N) is 1. The van der Waals surface area contributed by atoms with E-state index in [1.807, 2.05) is 24.3 Å². The number of thiazole rings is 1. The summed E-state index contributed by atoms with van der Waals surface area (Å²) in [7, 11) is 0. The van der Waals surface area contributed by atoms with E-state index in [1.165, 1.54) is 23.5 Å². The van der Waals surface area contributed by atoms with Gasteiger partial charge in [-0.05, 0) is 18.2 Å². The van der Waals surface area contributed by atoms with Crippen molar-refractivity contribution in [2.75, 3.05) is 0 Å². The second-order valence-corrected chi connectivity index (χ2v) is 5.05. The van der Waals surface area contributed by atoms with Gasteiger partial charge in [0.05, 0.1) is 15.2 Å². The molecule has 0 aliphatic heterocycles. The molecule has 84 valence electrons. The smallest absolute Gasteiger partial charge is 0.126 e. The van der Waals surface area contributed by atoms with Crippen molar-refractivity contribution >= 4 is 33.2 Å². The van der Waals surface area contributed by atoms with Gasteiger partial charge in [0.15, 0.2) is 0 Å². The van der Waals surface area contributed by atoms with E-state index in [4.69, 9.17) is 11.6 Å². The van der Waals surface area contributed by atoms with Crippen LogP contribution in [0.3, 0.4) is 0 Å². The summed E-state index contributed by atoms with van der Waals surface area (Å²) in [4.78, 5) is 4.40. The first-order valence-electron chi connectivity index (χ1n) is 5.05. The lowest BCUT2D eigenvalue weighted by molar-refractivity contribution is 0.629. The molecule has 0 aliphatic carbocycles. The van der Waals surface area contributed by atoms with Crippen LogP contribution in [0.4, 0.5) is 4.39 Å². The van der Waals surface area contributed by atoms with Crippen LogP contribution in [0, 0.1) is 5.82 Å². The van der Waals surface area contributed by atoms with Crippen molar-refractivity contribution in [3.05, 3.63) is 53.3 Å². The monoisotopic (exact) mass is 263 g/mol. The second kappa shape index (κ2) is 4.09. The van der Waals surface area contributed by atoms with Gasteiger partial charge in [-0.2, -0.15) is 0 Å². The predicted molar refractivity (Wildman–Crippen MR) is 70.0 cm³/mol. The third-order valence-corrected chi connectivity index (χ3v) is 3.85. The van der Waals surface area contributed by atoms with E-state index >= 15 is 0 Å². The molecule has 1 aromatic heterocycles. The molecule has 4 heteroatoms. The van der Waals surface area contributed by atoms with Crippen molar-refractivity contribution in [1.82, 2.24) is 4.98 Å². The number of hydrogen-bond donors (Lipinski definition) is 0. The van der Waals surface area contributed by atoms with Crippen molar-refractivity contribution in [2.24, 2.45) is 0 Å². The van der Waals surface area contributed by atoms with Gasteiger partial charge in [-0.25, -0.2) is 9.37 Å². The minimum Gasteiger partial charge on any atom is -0.236 e. The SMILES string of the molecule is Fc1ccc2sc(-c3ccccc3Cl)nc2c1. The first-order chi connectivity index (χ1) is 8.24. The molecule has 0 spiro atoms. The maximum Gasteiger partial charge on any atom is 0.126 e. The molecule has 3 aromatic rings. The Morgan fingerprint density at radius 1 is 1.12 bits per heavy atom. The number of aromatic nitrogens is 1. The highest BCUT2D eigenvalue weighted by molar-refractivity contribution is 7.21. The standard InChI is InChI=1S/C13H7ClFNS/c14-10-4-2-1-3-9(10)13-16-11-7-8(15)5-6-12(11)17-13/h1-7H. The molecule has 0 fully saturated rings. The Kier molecular flexibility index (Phi) is 2.57. The molecule has 0 saturated carbocycles. The summed E-state index contributed by atoms with van der Waals surface area (Å²) in [5.74, 6) is -0.270. The molecule has 17 heavy (non-hydrogen) atoms. The summed E-state index contributed by atoms with van der Waals surface area (Å²) in [5, 5.41) is 1.48. The first-order valence-corrected chi connectivity index (χ1v) is 6.24. The molecule has 0 saturated heterocycles. The fraction of sp³-hybridized carbons (Fsp3) is 0. The van der Waals surface area contributed by atoms with Gasteiger partial charge in [-0.15, -0.1) is 11.3 Å². The van der Waals surface area contributed by atoms with Crippen LogP contribution in [0.5, 0.6) is 0 Å². The summed E-state index contributed by atoms with van der Waals surface area (Å²) >= 11 is 7.62. The maximum atomic E-state index is 13.1. The molecule has 1 nitrogen and oxygen atoms in total. The number of benzene rings is 2. The molecule has 0 radical (unpaired) electrons. The summed E-state index contributed by atoms with van der Waals surface area (Å²) in [6.45, 7) is 0. The predicted octanol–water partition coefficient (Wildman–Crippen LogP) is 4.76. The normalized spacial score (nSPS) is 10.9. The van der Waals surface area contributed by atoms with E-state index in [0.29, 0.717) is 10.5 Å². The Morgan fingerprint density at radius 3 is 2.76 bits per heavy atom. The Bertz CT molecular complexity index is 693. The average molecular weight is 264 g/mol. The van der Waals surface area contributed by atoms with E-state index < -0.39 is 0 Å². The van der Waals surface area contributed by atoms with Gasteiger partial charge < -0.3 is 0 Å². The quantitative estimate of drug-likeness (QED) is 0.617. The molecule has 3 rings (SSSR count). The largest absolute Gasteiger partial charge is 0.236 e. The Labute approximate surface area is 106 Å². The minimum atomic E-state index is -0.270. The molecule has 0 unspecified atom stereocenters. The fourth-order valence-corrected chi connectivity index (χ4v) is 2.92. The van der Waals surface area contributed by atoms with Crippen LogP contribution in [0.15, 0.2) is 42.5 Å². The number of hydrogen-bond acceptors (Lipinski definition) is 2. The summed E-state index contributed by atoms with van der Waals surface area (Å²) in [5.41, 5.74) is 1.56.